The second-order valence-electron chi connectivity index (χ2n) is 3.44. The fourth-order valence-electron chi connectivity index (χ4n) is 1.63. The zero-order chi connectivity index (χ0) is 9.30. The highest BCUT2D eigenvalue weighted by atomic mass is 16.4. The van der Waals surface area contributed by atoms with Crippen LogP contribution in [-0.2, 0) is 0 Å². The predicted molar refractivity (Wildman–Crippen MR) is 44.7 cm³/mol. The summed E-state index contributed by atoms with van der Waals surface area (Å²) in [5.41, 5.74) is 0. The van der Waals surface area contributed by atoms with Gasteiger partial charge in [0, 0.05) is 12.1 Å². The van der Waals surface area contributed by atoms with Crippen LogP contribution in [0.2, 0.25) is 0 Å². The number of rotatable bonds is 1. The minimum absolute atomic E-state index is 0.113. The molecule has 0 aromatic rings. The van der Waals surface area contributed by atoms with Crippen molar-refractivity contribution in [2.75, 3.05) is 0 Å². The number of aliphatic hydroxyl groups is 3. The monoisotopic (exact) mass is 175 g/mol. The van der Waals surface area contributed by atoms with Crippen LogP contribution >= 0.6 is 0 Å². The third kappa shape index (κ3) is 1.61. The molecule has 4 heteroatoms. The van der Waals surface area contributed by atoms with E-state index in [-0.39, 0.29) is 12.1 Å². The Morgan fingerprint density at radius 3 is 2.17 bits per heavy atom. The number of aliphatic hydroxyl groups excluding tert-OH is 3. The standard InChI is InChI=1S/C8H17NO3/c1-3-5-7(11)8(12)6(10)4(2)9-5/h4-12H,3H2,1-2H3. The van der Waals surface area contributed by atoms with Gasteiger partial charge < -0.3 is 20.6 Å². The fourth-order valence-corrected chi connectivity index (χ4v) is 1.63. The molecule has 1 aliphatic rings. The molecule has 1 rings (SSSR count). The van der Waals surface area contributed by atoms with Gasteiger partial charge in [0.05, 0.1) is 12.2 Å². The maximum absolute atomic E-state index is 9.45. The van der Waals surface area contributed by atoms with Crippen molar-refractivity contribution < 1.29 is 15.3 Å². The number of piperidine rings is 1. The second-order valence-corrected chi connectivity index (χ2v) is 3.44. The average molecular weight is 175 g/mol. The van der Waals surface area contributed by atoms with Crippen LogP contribution in [0.15, 0.2) is 0 Å². The molecule has 1 saturated heterocycles. The quantitative estimate of drug-likeness (QED) is 0.405. The van der Waals surface area contributed by atoms with Crippen LogP contribution in [0.1, 0.15) is 20.3 Å². The van der Waals surface area contributed by atoms with Crippen LogP contribution < -0.4 is 5.32 Å². The Bertz CT molecular complexity index is 148. The molecular weight excluding hydrogens is 158 g/mol. The maximum Gasteiger partial charge on any atom is 0.109 e. The van der Waals surface area contributed by atoms with Gasteiger partial charge in [0.15, 0.2) is 0 Å². The van der Waals surface area contributed by atoms with Crippen molar-refractivity contribution in [3.05, 3.63) is 0 Å². The summed E-state index contributed by atoms with van der Waals surface area (Å²) in [5.74, 6) is 0. The highest BCUT2D eigenvalue weighted by Gasteiger charge is 2.39. The lowest BCUT2D eigenvalue weighted by atomic mass is 9.90. The molecule has 1 heterocycles. The summed E-state index contributed by atoms with van der Waals surface area (Å²) in [6.45, 7) is 3.72. The Morgan fingerprint density at radius 2 is 1.67 bits per heavy atom. The Balaban J connectivity index is 2.63. The second kappa shape index (κ2) is 3.70. The lowest BCUT2D eigenvalue weighted by Gasteiger charge is -2.40. The topological polar surface area (TPSA) is 72.7 Å². The van der Waals surface area contributed by atoms with E-state index in [1.54, 1.807) is 6.92 Å². The molecule has 0 aliphatic carbocycles. The molecule has 12 heavy (non-hydrogen) atoms. The average Bonchev–Trinajstić information content (AvgIpc) is 2.08. The molecule has 0 aromatic carbocycles. The number of hydrogen-bond acceptors (Lipinski definition) is 4. The first-order chi connectivity index (χ1) is 5.57. The smallest absolute Gasteiger partial charge is 0.109 e. The molecule has 5 atom stereocenters. The van der Waals surface area contributed by atoms with Crippen molar-refractivity contribution in [3.8, 4) is 0 Å². The molecule has 4 N–H and O–H groups in total. The summed E-state index contributed by atoms with van der Waals surface area (Å²) >= 11 is 0. The number of hydrogen-bond donors (Lipinski definition) is 4. The van der Waals surface area contributed by atoms with Gasteiger partial charge in [-0.2, -0.15) is 0 Å². The molecule has 0 bridgehead atoms. The molecule has 0 aromatic heterocycles. The van der Waals surface area contributed by atoms with Crippen LogP contribution in [-0.4, -0.2) is 45.7 Å². The van der Waals surface area contributed by atoms with E-state index < -0.39 is 18.3 Å². The summed E-state index contributed by atoms with van der Waals surface area (Å²) in [5, 5.41) is 31.2. The van der Waals surface area contributed by atoms with Gasteiger partial charge in [-0.05, 0) is 13.3 Å². The Labute approximate surface area is 72.2 Å². The highest BCUT2D eigenvalue weighted by Crippen LogP contribution is 2.16. The van der Waals surface area contributed by atoms with Gasteiger partial charge in [-0.15, -0.1) is 0 Å². The molecule has 0 spiro atoms. The molecule has 1 aliphatic heterocycles. The van der Waals surface area contributed by atoms with Crippen molar-refractivity contribution in [2.45, 2.75) is 50.7 Å². The minimum atomic E-state index is -1.02. The van der Waals surface area contributed by atoms with Crippen LogP contribution in [0.4, 0.5) is 0 Å². The van der Waals surface area contributed by atoms with Gasteiger partial charge in [-0.1, -0.05) is 6.92 Å². The molecule has 72 valence electrons. The summed E-state index contributed by atoms with van der Waals surface area (Å²) in [4.78, 5) is 0. The van der Waals surface area contributed by atoms with E-state index in [1.165, 1.54) is 0 Å². The molecule has 0 amide bonds. The molecule has 1 fully saturated rings. The molecule has 0 radical (unpaired) electrons. The van der Waals surface area contributed by atoms with E-state index in [1.807, 2.05) is 6.92 Å². The summed E-state index contributed by atoms with van der Waals surface area (Å²) in [6, 6.07) is -0.272. The summed E-state index contributed by atoms with van der Waals surface area (Å²) < 4.78 is 0. The zero-order valence-electron chi connectivity index (χ0n) is 7.44. The molecule has 0 saturated carbocycles. The van der Waals surface area contributed by atoms with Gasteiger partial charge in [0.2, 0.25) is 0 Å². The van der Waals surface area contributed by atoms with Crippen molar-refractivity contribution in [2.24, 2.45) is 0 Å². The van der Waals surface area contributed by atoms with Gasteiger partial charge in [-0.25, -0.2) is 0 Å². The van der Waals surface area contributed by atoms with E-state index in [4.69, 9.17) is 0 Å². The Hall–Kier alpha value is -0.160. The number of nitrogens with one attached hydrogen (secondary N) is 1. The molecule has 5 unspecified atom stereocenters. The van der Waals surface area contributed by atoms with E-state index in [0.29, 0.717) is 0 Å². The highest BCUT2D eigenvalue weighted by molar-refractivity contribution is 4.95. The van der Waals surface area contributed by atoms with Crippen molar-refractivity contribution in [1.82, 2.24) is 5.32 Å². The SMILES string of the molecule is CCC1NC(C)C(O)C(O)C1O. The van der Waals surface area contributed by atoms with Crippen molar-refractivity contribution >= 4 is 0 Å². The maximum atomic E-state index is 9.45. The van der Waals surface area contributed by atoms with Gasteiger partial charge >= 0.3 is 0 Å². The van der Waals surface area contributed by atoms with Gasteiger partial charge in [0.1, 0.15) is 6.10 Å². The first-order valence-electron chi connectivity index (χ1n) is 4.38. The van der Waals surface area contributed by atoms with Gasteiger partial charge in [0.25, 0.3) is 0 Å². The van der Waals surface area contributed by atoms with Crippen molar-refractivity contribution in [1.29, 1.82) is 0 Å². The zero-order valence-corrected chi connectivity index (χ0v) is 7.44. The van der Waals surface area contributed by atoms with Crippen LogP contribution in [0.3, 0.4) is 0 Å². The van der Waals surface area contributed by atoms with Crippen molar-refractivity contribution in [3.63, 3.8) is 0 Å². The Kier molecular flexibility index (Phi) is 3.06. The van der Waals surface area contributed by atoms with Crippen LogP contribution in [0.25, 0.3) is 0 Å². The fraction of sp³-hybridized carbons (Fsp3) is 1.00. The summed E-state index contributed by atoms with van der Waals surface area (Å²) in [7, 11) is 0. The predicted octanol–water partition coefficient (Wildman–Crippen LogP) is -1.16. The van der Waals surface area contributed by atoms with E-state index in [9.17, 15) is 15.3 Å². The minimum Gasteiger partial charge on any atom is -0.389 e. The molecule has 4 nitrogen and oxygen atoms in total. The van der Waals surface area contributed by atoms with Crippen LogP contribution in [0.5, 0.6) is 0 Å². The van der Waals surface area contributed by atoms with E-state index in [2.05, 4.69) is 5.32 Å². The van der Waals surface area contributed by atoms with Crippen LogP contribution in [0, 0.1) is 0 Å². The third-order valence-corrected chi connectivity index (χ3v) is 2.54. The first-order valence-corrected chi connectivity index (χ1v) is 4.38. The Morgan fingerprint density at radius 1 is 1.08 bits per heavy atom. The van der Waals surface area contributed by atoms with E-state index in [0.717, 1.165) is 6.42 Å². The normalized spacial score (nSPS) is 49.2. The lowest BCUT2D eigenvalue weighted by Crippen LogP contribution is -2.63. The summed E-state index contributed by atoms with van der Waals surface area (Å²) in [6.07, 6.45) is -2.01. The third-order valence-electron chi connectivity index (χ3n) is 2.54. The lowest BCUT2D eigenvalue weighted by molar-refractivity contribution is -0.110. The first kappa shape index (κ1) is 9.92. The van der Waals surface area contributed by atoms with E-state index >= 15 is 0 Å². The molecular formula is C8H17NO3. The largest absolute Gasteiger partial charge is 0.389 e. The van der Waals surface area contributed by atoms with Gasteiger partial charge in [-0.3, -0.25) is 0 Å².